The van der Waals surface area contributed by atoms with Crippen LogP contribution in [0.15, 0.2) is 30.3 Å². The molecule has 1 unspecified atom stereocenters. The number of ketones is 2. The predicted molar refractivity (Wildman–Crippen MR) is 69.6 cm³/mol. The maximum atomic E-state index is 12.3. The molecule has 0 aliphatic rings. The first-order chi connectivity index (χ1) is 8.02. The minimum absolute atomic E-state index is 0.276. The summed E-state index contributed by atoms with van der Waals surface area (Å²) in [6, 6.07) is 8.74. The number of hydrogen-bond acceptors (Lipinski definition) is 2. The quantitative estimate of drug-likeness (QED) is 0.440. The molecule has 0 bridgehead atoms. The van der Waals surface area contributed by atoms with Crippen molar-refractivity contribution in [2.75, 3.05) is 0 Å². The summed E-state index contributed by atoms with van der Waals surface area (Å²) in [5, 5.41) is 0. The minimum atomic E-state index is -1.39. The highest BCUT2D eigenvalue weighted by atomic mass is 35.5. The number of carbonyl (C=O) groups is 2. The molecule has 0 heterocycles. The second-order valence-corrected chi connectivity index (χ2v) is 4.80. The smallest absolute Gasteiger partial charge is 0.191 e. The average molecular weight is 253 g/mol. The van der Waals surface area contributed by atoms with Crippen molar-refractivity contribution in [2.45, 2.75) is 38.0 Å². The summed E-state index contributed by atoms with van der Waals surface area (Å²) >= 11 is 6.24. The Balaban J connectivity index is 2.99. The first-order valence-electron chi connectivity index (χ1n) is 5.82. The molecule has 0 fully saturated rings. The summed E-state index contributed by atoms with van der Waals surface area (Å²) in [6.45, 7) is 3.38. The lowest BCUT2D eigenvalue weighted by Crippen LogP contribution is -2.39. The number of benzene rings is 1. The Hall–Kier alpha value is -1.15. The second-order valence-electron chi connectivity index (χ2n) is 4.16. The van der Waals surface area contributed by atoms with Gasteiger partial charge in [-0.15, -0.1) is 11.6 Å². The van der Waals surface area contributed by atoms with Gasteiger partial charge < -0.3 is 0 Å². The van der Waals surface area contributed by atoms with Gasteiger partial charge in [0.15, 0.2) is 16.4 Å². The van der Waals surface area contributed by atoms with Crippen LogP contribution in [-0.4, -0.2) is 16.4 Å². The SMILES string of the molecule is CCCCC(Cl)(C(C)=O)C(=O)c1ccccc1. The van der Waals surface area contributed by atoms with Crippen LogP contribution >= 0.6 is 11.6 Å². The fourth-order valence-electron chi connectivity index (χ4n) is 1.69. The molecule has 1 rings (SSSR count). The van der Waals surface area contributed by atoms with Gasteiger partial charge in [0.05, 0.1) is 0 Å². The van der Waals surface area contributed by atoms with E-state index in [1.807, 2.05) is 13.0 Å². The van der Waals surface area contributed by atoms with Crippen molar-refractivity contribution >= 4 is 23.2 Å². The van der Waals surface area contributed by atoms with Gasteiger partial charge in [-0.25, -0.2) is 0 Å². The van der Waals surface area contributed by atoms with Crippen molar-refractivity contribution < 1.29 is 9.59 Å². The van der Waals surface area contributed by atoms with E-state index >= 15 is 0 Å². The fraction of sp³-hybridized carbons (Fsp3) is 0.429. The fourth-order valence-corrected chi connectivity index (χ4v) is 1.93. The Bertz CT molecular complexity index is 400. The highest BCUT2D eigenvalue weighted by Gasteiger charge is 2.40. The Labute approximate surface area is 107 Å². The van der Waals surface area contributed by atoms with Crippen molar-refractivity contribution in [2.24, 2.45) is 0 Å². The number of halogens is 1. The van der Waals surface area contributed by atoms with Gasteiger partial charge in [-0.05, 0) is 13.3 Å². The number of Topliss-reactive ketones (excluding diaryl/α,β-unsaturated/α-hetero) is 2. The standard InChI is InChI=1S/C14H17ClO2/c1-3-4-10-14(15,11(2)16)13(17)12-8-6-5-7-9-12/h5-9H,3-4,10H2,1-2H3. The molecule has 1 aromatic rings. The van der Waals surface area contributed by atoms with Gasteiger partial charge in [0, 0.05) is 5.56 Å². The van der Waals surface area contributed by atoms with Gasteiger partial charge in [-0.3, -0.25) is 9.59 Å². The maximum Gasteiger partial charge on any atom is 0.191 e. The molecule has 3 heteroatoms. The van der Waals surface area contributed by atoms with Gasteiger partial charge in [-0.1, -0.05) is 50.1 Å². The van der Waals surface area contributed by atoms with Gasteiger partial charge in [0.1, 0.15) is 0 Å². The van der Waals surface area contributed by atoms with Crippen LogP contribution in [0.1, 0.15) is 43.5 Å². The van der Waals surface area contributed by atoms with Crippen molar-refractivity contribution in [1.29, 1.82) is 0 Å². The molecule has 0 amide bonds. The summed E-state index contributed by atoms with van der Waals surface area (Å²) in [5.74, 6) is -0.567. The lowest BCUT2D eigenvalue weighted by atomic mass is 9.89. The third-order valence-corrected chi connectivity index (χ3v) is 3.46. The van der Waals surface area contributed by atoms with E-state index < -0.39 is 4.87 Å². The third-order valence-electron chi connectivity index (χ3n) is 2.83. The monoisotopic (exact) mass is 252 g/mol. The second kappa shape index (κ2) is 5.97. The van der Waals surface area contributed by atoms with E-state index in [1.54, 1.807) is 24.3 Å². The number of hydrogen-bond donors (Lipinski definition) is 0. The van der Waals surface area contributed by atoms with Crippen LogP contribution in [0.25, 0.3) is 0 Å². The number of rotatable bonds is 6. The average Bonchev–Trinajstić information content (AvgIpc) is 2.35. The molecule has 0 N–H and O–H groups in total. The van der Waals surface area contributed by atoms with Gasteiger partial charge in [-0.2, -0.15) is 0 Å². The van der Waals surface area contributed by atoms with E-state index in [0.29, 0.717) is 12.0 Å². The van der Waals surface area contributed by atoms with Crippen LogP contribution in [0.2, 0.25) is 0 Å². The Kier molecular flexibility index (Phi) is 4.88. The normalized spacial score (nSPS) is 14.1. The summed E-state index contributed by atoms with van der Waals surface area (Å²) in [5.41, 5.74) is 0.494. The lowest BCUT2D eigenvalue weighted by Gasteiger charge is -2.22. The van der Waals surface area contributed by atoms with Crippen molar-refractivity contribution in [3.63, 3.8) is 0 Å². The molecule has 92 valence electrons. The Morgan fingerprint density at radius 3 is 2.29 bits per heavy atom. The minimum Gasteiger partial charge on any atom is -0.298 e. The van der Waals surface area contributed by atoms with E-state index in [2.05, 4.69) is 0 Å². The highest BCUT2D eigenvalue weighted by Crippen LogP contribution is 2.28. The summed E-state index contributed by atoms with van der Waals surface area (Å²) in [6.07, 6.45) is 2.07. The van der Waals surface area contributed by atoms with Crippen LogP contribution in [-0.2, 0) is 4.79 Å². The van der Waals surface area contributed by atoms with Crippen LogP contribution < -0.4 is 0 Å². The molecule has 0 saturated carbocycles. The van der Waals surface area contributed by atoms with E-state index in [9.17, 15) is 9.59 Å². The maximum absolute atomic E-state index is 12.3. The zero-order chi connectivity index (χ0) is 12.9. The first-order valence-corrected chi connectivity index (χ1v) is 6.20. The van der Waals surface area contributed by atoms with Gasteiger partial charge >= 0.3 is 0 Å². The van der Waals surface area contributed by atoms with Crippen molar-refractivity contribution in [1.82, 2.24) is 0 Å². The zero-order valence-electron chi connectivity index (χ0n) is 10.2. The van der Waals surface area contributed by atoms with Crippen LogP contribution in [0.5, 0.6) is 0 Å². The molecule has 0 radical (unpaired) electrons. The summed E-state index contributed by atoms with van der Waals surface area (Å²) in [7, 11) is 0. The Morgan fingerprint density at radius 2 is 1.82 bits per heavy atom. The van der Waals surface area contributed by atoms with Gasteiger partial charge in [0.25, 0.3) is 0 Å². The molecular formula is C14H17ClO2. The lowest BCUT2D eigenvalue weighted by molar-refractivity contribution is -0.118. The molecule has 0 aliphatic heterocycles. The number of carbonyl (C=O) groups excluding carboxylic acids is 2. The third kappa shape index (κ3) is 3.16. The molecule has 0 aliphatic carbocycles. The summed E-state index contributed by atoms with van der Waals surface area (Å²) in [4.78, 5) is 22.5. The van der Waals surface area contributed by atoms with E-state index in [4.69, 9.17) is 11.6 Å². The Morgan fingerprint density at radius 1 is 1.24 bits per heavy atom. The van der Waals surface area contributed by atoms with Crippen molar-refractivity contribution in [3.05, 3.63) is 35.9 Å². The van der Waals surface area contributed by atoms with Crippen molar-refractivity contribution in [3.8, 4) is 0 Å². The highest BCUT2D eigenvalue weighted by molar-refractivity contribution is 6.48. The molecule has 17 heavy (non-hydrogen) atoms. The van der Waals surface area contributed by atoms with Gasteiger partial charge in [0.2, 0.25) is 0 Å². The first kappa shape index (κ1) is 13.9. The zero-order valence-corrected chi connectivity index (χ0v) is 11.0. The molecule has 0 aromatic heterocycles. The topological polar surface area (TPSA) is 34.1 Å². The molecule has 0 spiro atoms. The van der Waals surface area contributed by atoms with E-state index in [1.165, 1.54) is 6.92 Å². The molecular weight excluding hydrogens is 236 g/mol. The molecule has 1 atom stereocenters. The predicted octanol–water partition coefficient (Wildman–Crippen LogP) is 3.63. The summed E-state index contributed by atoms with van der Waals surface area (Å²) < 4.78 is 0. The largest absolute Gasteiger partial charge is 0.298 e. The number of unbranched alkanes of at least 4 members (excludes halogenated alkanes) is 1. The molecule has 1 aromatic carbocycles. The number of alkyl halides is 1. The van der Waals surface area contributed by atoms with E-state index in [-0.39, 0.29) is 11.6 Å². The molecule has 0 saturated heterocycles. The molecule has 2 nitrogen and oxygen atoms in total. The van der Waals surface area contributed by atoms with E-state index in [0.717, 1.165) is 12.8 Å². The van der Waals surface area contributed by atoms with Crippen LogP contribution in [0.3, 0.4) is 0 Å². The van der Waals surface area contributed by atoms with Crippen LogP contribution in [0.4, 0.5) is 0 Å². The van der Waals surface area contributed by atoms with Crippen LogP contribution in [0, 0.1) is 0 Å².